The number of piperidine rings is 1. The fourth-order valence-electron chi connectivity index (χ4n) is 1.19. The molecule has 0 aromatic carbocycles. The van der Waals surface area contributed by atoms with Crippen molar-refractivity contribution in [1.29, 1.82) is 0 Å². The van der Waals surface area contributed by atoms with Crippen molar-refractivity contribution in [3.8, 4) is 0 Å². The molecule has 1 aliphatic heterocycles. The second kappa shape index (κ2) is 4.06. The van der Waals surface area contributed by atoms with Crippen LogP contribution in [-0.4, -0.2) is 30.9 Å². The summed E-state index contributed by atoms with van der Waals surface area (Å²) in [4.78, 5) is 21.5. The fraction of sp³-hybridized carbons (Fsp3) is 0.714. The van der Waals surface area contributed by atoms with Crippen LogP contribution in [0.1, 0.15) is 12.8 Å². The number of primary amides is 1. The minimum atomic E-state index is -0.437. The van der Waals surface area contributed by atoms with Crippen LogP contribution in [0.25, 0.3) is 0 Å². The highest BCUT2D eigenvalue weighted by Gasteiger charge is 2.21. The topological polar surface area (TPSA) is 84.2 Å². The first-order valence-electron chi connectivity index (χ1n) is 3.99. The second-order valence-electron chi connectivity index (χ2n) is 2.83. The third kappa shape index (κ3) is 2.50. The normalized spacial score (nSPS) is 23.3. The van der Waals surface area contributed by atoms with E-state index in [4.69, 9.17) is 5.73 Å². The monoisotopic (exact) mass is 171 g/mol. The van der Waals surface area contributed by atoms with E-state index >= 15 is 0 Å². The third-order valence-electron chi connectivity index (χ3n) is 1.81. The van der Waals surface area contributed by atoms with E-state index in [-0.39, 0.29) is 18.5 Å². The van der Waals surface area contributed by atoms with Crippen molar-refractivity contribution >= 4 is 11.8 Å². The molecule has 1 aliphatic rings. The predicted molar refractivity (Wildman–Crippen MR) is 43.2 cm³/mol. The Balaban J connectivity index is 2.29. The zero-order valence-electron chi connectivity index (χ0n) is 6.80. The van der Waals surface area contributed by atoms with Crippen LogP contribution >= 0.6 is 0 Å². The predicted octanol–water partition coefficient (Wildman–Crippen LogP) is -1.66. The van der Waals surface area contributed by atoms with Crippen LogP contribution in [0.2, 0.25) is 0 Å². The van der Waals surface area contributed by atoms with Crippen molar-refractivity contribution in [1.82, 2.24) is 10.6 Å². The average molecular weight is 171 g/mol. The van der Waals surface area contributed by atoms with E-state index in [0.29, 0.717) is 0 Å². The van der Waals surface area contributed by atoms with Crippen LogP contribution in [0.3, 0.4) is 0 Å². The SMILES string of the molecule is NC(=O)CNC1CCCNC1=O. The molecule has 1 unspecified atom stereocenters. The third-order valence-corrected chi connectivity index (χ3v) is 1.81. The van der Waals surface area contributed by atoms with E-state index in [0.717, 1.165) is 19.4 Å². The first-order valence-corrected chi connectivity index (χ1v) is 3.99. The Morgan fingerprint density at radius 2 is 2.50 bits per heavy atom. The number of amides is 2. The van der Waals surface area contributed by atoms with Crippen molar-refractivity contribution < 1.29 is 9.59 Å². The summed E-state index contributed by atoms with van der Waals surface area (Å²) in [6.07, 6.45) is 1.72. The fourth-order valence-corrected chi connectivity index (χ4v) is 1.19. The zero-order chi connectivity index (χ0) is 8.97. The molecule has 0 aliphatic carbocycles. The molecule has 0 bridgehead atoms. The second-order valence-corrected chi connectivity index (χ2v) is 2.83. The van der Waals surface area contributed by atoms with Gasteiger partial charge < -0.3 is 11.1 Å². The molecule has 1 saturated heterocycles. The first-order chi connectivity index (χ1) is 5.70. The number of rotatable bonds is 3. The summed E-state index contributed by atoms with van der Waals surface area (Å²) in [5.74, 6) is -0.476. The lowest BCUT2D eigenvalue weighted by atomic mass is 10.1. The van der Waals surface area contributed by atoms with Crippen LogP contribution < -0.4 is 16.4 Å². The van der Waals surface area contributed by atoms with Crippen molar-refractivity contribution in [2.75, 3.05) is 13.1 Å². The molecule has 5 nitrogen and oxygen atoms in total. The molecule has 0 saturated carbocycles. The number of nitrogens with one attached hydrogen (secondary N) is 2. The summed E-state index contributed by atoms with van der Waals surface area (Å²) < 4.78 is 0. The highest BCUT2D eigenvalue weighted by Crippen LogP contribution is 2.01. The lowest BCUT2D eigenvalue weighted by molar-refractivity contribution is -0.124. The van der Waals surface area contributed by atoms with Crippen LogP contribution in [0.5, 0.6) is 0 Å². The first kappa shape index (κ1) is 8.99. The Morgan fingerprint density at radius 1 is 1.75 bits per heavy atom. The highest BCUT2D eigenvalue weighted by atomic mass is 16.2. The zero-order valence-corrected chi connectivity index (χ0v) is 6.80. The maximum absolute atomic E-state index is 11.1. The van der Waals surface area contributed by atoms with Gasteiger partial charge in [-0.05, 0) is 12.8 Å². The molecule has 0 spiro atoms. The number of nitrogens with two attached hydrogens (primary N) is 1. The van der Waals surface area contributed by atoms with Crippen molar-refractivity contribution in [3.63, 3.8) is 0 Å². The molecule has 68 valence electrons. The average Bonchev–Trinajstić information content (AvgIpc) is 2.03. The van der Waals surface area contributed by atoms with Gasteiger partial charge in [-0.1, -0.05) is 0 Å². The molecule has 1 heterocycles. The summed E-state index contributed by atoms with van der Waals surface area (Å²) in [6.45, 7) is 0.797. The molecule has 0 aromatic heterocycles. The quantitative estimate of drug-likeness (QED) is 0.475. The van der Waals surface area contributed by atoms with Crippen LogP contribution in [0.4, 0.5) is 0 Å². The van der Waals surface area contributed by atoms with Crippen molar-refractivity contribution in [2.24, 2.45) is 5.73 Å². The Morgan fingerprint density at radius 3 is 3.08 bits per heavy atom. The van der Waals surface area contributed by atoms with E-state index in [1.54, 1.807) is 0 Å². The number of carbonyl (C=O) groups is 2. The molecular formula is C7H13N3O2. The van der Waals surface area contributed by atoms with Gasteiger partial charge in [-0.25, -0.2) is 0 Å². The summed E-state index contributed by atoms with van der Waals surface area (Å²) in [5.41, 5.74) is 4.92. The number of hydrogen-bond acceptors (Lipinski definition) is 3. The molecule has 1 atom stereocenters. The molecule has 1 rings (SSSR count). The van der Waals surface area contributed by atoms with E-state index in [2.05, 4.69) is 10.6 Å². The summed E-state index contributed by atoms with van der Waals surface area (Å²) in [7, 11) is 0. The van der Waals surface area contributed by atoms with Crippen molar-refractivity contribution in [3.05, 3.63) is 0 Å². The van der Waals surface area contributed by atoms with Crippen LogP contribution in [0, 0.1) is 0 Å². The van der Waals surface area contributed by atoms with Gasteiger partial charge in [0.1, 0.15) is 0 Å². The van der Waals surface area contributed by atoms with Gasteiger partial charge in [-0.2, -0.15) is 0 Å². The summed E-state index contributed by atoms with van der Waals surface area (Å²) in [5, 5.41) is 5.49. The van der Waals surface area contributed by atoms with E-state index in [1.165, 1.54) is 0 Å². The smallest absolute Gasteiger partial charge is 0.237 e. The Bertz CT molecular complexity index is 193. The standard InChI is InChI=1S/C7H13N3O2/c8-6(11)4-10-5-2-1-3-9-7(5)12/h5,10H,1-4H2,(H2,8,11)(H,9,12). The van der Waals surface area contributed by atoms with Crippen molar-refractivity contribution in [2.45, 2.75) is 18.9 Å². The van der Waals surface area contributed by atoms with Crippen LogP contribution in [0.15, 0.2) is 0 Å². The number of carbonyl (C=O) groups excluding carboxylic acids is 2. The number of hydrogen-bond donors (Lipinski definition) is 3. The lowest BCUT2D eigenvalue weighted by Crippen LogP contribution is -2.50. The van der Waals surface area contributed by atoms with Gasteiger partial charge in [-0.3, -0.25) is 14.9 Å². The minimum Gasteiger partial charge on any atom is -0.369 e. The van der Waals surface area contributed by atoms with Gasteiger partial charge in [0.05, 0.1) is 12.6 Å². The van der Waals surface area contributed by atoms with Gasteiger partial charge >= 0.3 is 0 Å². The summed E-state index contributed by atoms with van der Waals surface area (Å²) >= 11 is 0. The molecular weight excluding hydrogens is 158 g/mol. The van der Waals surface area contributed by atoms with Gasteiger partial charge in [-0.15, -0.1) is 0 Å². The summed E-state index contributed by atoms with van der Waals surface area (Å²) in [6, 6.07) is -0.244. The Kier molecular flexibility index (Phi) is 3.04. The molecule has 12 heavy (non-hydrogen) atoms. The van der Waals surface area contributed by atoms with Gasteiger partial charge in [0, 0.05) is 6.54 Å². The maximum atomic E-state index is 11.1. The lowest BCUT2D eigenvalue weighted by Gasteiger charge is -2.21. The Labute approximate surface area is 70.7 Å². The largest absolute Gasteiger partial charge is 0.369 e. The minimum absolute atomic E-state index is 0.0394. The van der Waals surface area contributed by atoms with Crippen LogP contribution in [-0.2, 0) is 9.59 Å². The molecule has 4 N–H and O–H groups in total. The molecule has 1 fully saturated rings. The van der Waals surface area contributed by atoms with Gasteiger partial charge in [0.15, 0.2) is 0 Å². The molecule has 0 aromatic rings. The molecule has 2 amide bonds. The molecule has 5 heteroatoms. The van der Waals surface area contributed by atoms with Gasteiger partial charge in [0.25, 0.3) is 0 Å². The highest BCUT2D eigenvalue weighted by molar-refractivity contribution is 5.83. The van der Waals surface area contributed by atoms with E-state index < -0.39 is 5.91 Å². The van der Waals surface area contributed by atoms with E-state index in [9.17, 15) is 9.59 Å². The van der Waals surface area contributed by atoms with E-state index in [1.807, 2.05) is 0 Å². The maximum Gasteiger partial charge on any atom is 0.237 e. The molecule has 0 radical (unpaired) electrons. The van der Waals surface area contributed by atoms with Gasteiger partial charge in [0.2, 0.25) is 11.8 Å². The Hall–Kier alpha value is -1.10.